The highest BCUT2D eigenvalue weighted by Gasteiger charge is 2.23. The van der Waals surface area contributed by atoms with Gasteiger partial charge in [-0.25, -0.2) is 4.79 Å². The number of hydrogen-bond acceptors (Lipinski definition) is 4. The molecule has 27 heavy (non-hydrogen) atoms. The van der Waals surface area contributed by atoms with Gasteiger partial charge in [0.25, 0.3) is 5.91 Å². The van der Waals surface area contributed by atoms with Crippen molar-refractivity contribution in [1.29, 1.82) is 0 Å². The maximum absolute atomic E-state index is 12.9. The summed E-state index contributed by atoms with van der Waals surface area (Å²) in [6, 6.07) is 17.4. The van der Waals surface area contributed by atoms with Crippen LogP contribution in [-0.4, -0.2) is 5.91 Å². The zero-order valence-electron chi connectivity index (χ0n) is 14.5. The highest BCUT2D eigenvalue weighted by molar-refractivity contribution is 7.21. The number of para-hydroxylation sites is 1. The molecule has 1 aliphatic carbocycles. The summed E-state index contributed by atoms with van der Waals surface area (Å²) < 4.78 is 6.19. The van der Waals surface area contributed by atoms with Crippen molar-refractivity contribution in [1.82, 2.24) is 5.32 Å². The summed E-state index contributed by atoms with van der Waals surface area (Å²) in [6.45, 7) is 0. The Bertz CT molecular complexity index is 1240. The van der Waals surface area contributed by atoms with Crippen molar-refractivity contribution in [2.75, 3.05) is 0 Å². The molecule has 0 aliphatic heterocycles. The van der Waals surface area contributed by atoms with E-state index in [1.54, 1.807) is 12.1 Å². The Kier molecular flexibility index (Phi) is 3.83. The van der Waals surface area contributed by atoms with Crippen LogP contribution in [0.1, 0.15) is 39.7 Å². The molecule has 0 saturated carbocycles. The van der Waals surface area contributed by atoms with Gasteiger partial charge in [0.15, 0.2) is 0 Å². The molecule has 0 saturated heterocycles. The van der Waals surface area contributed by atoms with E-state index in [2.05, 4.69) is 17.4 Å². The molecule has 1 aliphatic rings. The van der Waals surface area contributed by atoms with Gasteiger partial charge < -0.3 is 9.73 Å². The molecule has 5 heteroatoms. The molecule has 0 spiro atoms. The quantitative estimate of drug-likeness (QED) is 0.511. The lowest BCUT2D eigenvalue weighted by atomic mass is 9.88. The van der Waals surface area contributed by atoms with Crippen LogP contribution in [0.2, 0.25) is 0 Å². The van der Waals surface area contributed by atoms with Crippen molar-refractivity contribution in [3.63, 3.8) is 0 Å². The zero-order chi connectivity index (χ0) is 18.4. The third-order valence-corrected chi connectivity index (χ3v) is 6.35. The Hall–Kier alpha value is -2.92. The highest BCUT2D eigenvalue weighted by atomic mass is 32.1. The lowest BCUT2D eigenvalue weighted by molar-refractivity contribution is 0.0937. The van der Waals surface area contributed by atoms with E-state index in [4.69, 9.17) is 4.42 Å². The van der Waals surface area contributed by atoms with E-state index in [9.17, 15) is 9.59 Å². The van der Waals surface area contributed by atoms with Crippen molar-refractivity contribution in [2.24, 2.45) is 0 Å². The Morgan fingerprint density at radius 3 is 2.81 bits per heavy atom. The zero-order valence-corrected chi connectivity index (χ0v) is 15.3. The normalized spacial score (nSPS) is 16.4. The number of rotatable bonds is 2. The van der Waals surface area contributed by atoms with Crippen LogP contribution in [0, 0.1) is 0 Å². The fourth-order valence-electron chi connectivity index (χ4n) is 3.89. The SMILES string of the molecule is O=C(N[C@@H]1CCCc2ccccc21)c1cc2c(=O)oc3ccccc3c2s1. The summed E-state index contributed by atoms with van der Waals surface area (Å²) in [4.78, 5) is 25.7. The molecule has 2 aromatic carbocycles. The predicted octanol–water partition coefficient (Wildman–Crippen LogP) is 4.82. The predicted molar refractivity (Wildman–Crippen MR) is 107 cm³/mol. The second kappa shape index (κ2) is 6.35. The first-order valence-corrected chi connectivity index (χ1v) is 9.86. The maximum atomic E-state index is 12.9. The molecule has 1 atom stereocenters. The van der Waals surface area contributed by atoms with Crippen molar-refractivity contribution < 1.29 is 9.21 Å². The number of aryl methyl sites for hydroxylation is 1. The van der Waals surface area contributed by atoms with E-state index in [1.165, 1.54) is 22.5 Å². The fraction of sp³-hybridized carbons (Fsp3) is 0.182. The Labute approximate surface area is 159 Å². The molecule has 134 valence electrons. The molecule has 5 rings (SSSR count). The van der Waals surface area contributed by atoms with Crippen LogP contribution in [0.3, 0.4) is 0 Å². The summed E-state index contributed by atoms with van der Waals surface area (Å²) in [7, 11) is 0. The molecule has 1 N–H and O–H groups in total. The van der Waals surface area contributed by atoms with Gasteiger partial charge in [-0.15, -0.1) is 11.3 Å². The van der Waals surface area contributed by atoms with Gasteiger partial charge >= 0.3 is 5.63 Å². The minimum absolute atomic E-state index is 0.0146. The van der Waals surface area contributed by atoms with Crippen molar-refractivity contribution in [3.05, 3.63) is 81.0 Å². The van der Waals surface area contributed by atoms with Crippen LogP contribution in [0.4, 0.5) is 0 Å². The number of carbonyl (C=O) groups is 1. The van der Waals surface area contributed by atoms with Gasteiger partial charge in [-0.2, -0.15) is 0 Å². The van der Waals surface area contributed by atoms with Crippen LogP contribution in [0.15, 0.2) is 63.8 Å². The smallest absolute Gasteiger partial charge is 0.345 e. The average molecular weight is 375 g/mol. The molecule has 4 aromatic rings. The number of thiophene rings is 1. The monoisotopic (exact) mass is 375 g/mol. The van der Waals surface area contributed by atoms with Crippen LogP contribution in [-0.2, 0) is 6.42 Å². The molecular weight excluding hydrogens is 358 g/mol. The van der Waals surface area contributed by atoms with E-state index in [0.717, 1.165) is 29.3 Å². The lowest BCUT2D eigenvalue weighted by Crippen LogP contribution is -2.30. The molecule has 2 aromatic heterocycles. The summed E-state index contributed by atoms with van der Waals surface area (Å²) >= 11 is 1.35. The van der Waals surface area contributed by atoms with Crippen molar-refractivity contribution in [3.8, 4) is 0 Å². The Morgan fingerprint density at radius 1 is 1.07 bits per heavy atom. The number of carbonyl (C=O) groups excluding carboxylic acids is 1. The van der Waals surface area contributed by atoms with Gasteiger partial charge in [-0.3, -0.25) is 4.79 Å². The number of hydrogen-bond donors (Lipinski definition) is 1. The molecule has 4 nitrogen and oxygen atoms in total. The Morgan fingerprint density at radius 2 is 1.89 bits per heavy atom. The topological polar surface area (TPSA) is 59.3 Å². The van der Waals surface area contributed by atoms with Gasteiger partial charge in [0.2, 0.25) is 0 Å². The summed E-state index contributed by atoms with van der Waals surface area (Å²) in [5.41, 5.74) is 2.65. The standard InChI is InChI=1S/C22H17NO3S/c24-21(23-17-10-5-7-13-6-1-2-8-14(13)17)19-12-16-20(27-19)15-9-3-4-11-18(15)26-22(16)25/h1-4,6,8-9,11-12,17H,5,7,10H2,(H,23,24)/t17-/m1/s1. The minimum atomic E-state index is -0.401. The van der Waals surface area contributed by atoms with Gasteiger partial charge in [0, 0.05) is 5.39 Å². The highest BCUT2D eigenvalue weighted by Crippen LogP contribution is 2.32. The second-order valence-corrected chi connectivity index (χ2v) is 7.91. The first kappa shape index (κ1) is 16.3. The molecule has 0 fully saturated rings. The van der Waals surface area contributed by atoms with E-state index in [-0.39, 0.29) is 11.9 Å². The molecular formula is C22H17NO3S. The maximum Gasteiger partial charge on any atom is 0.345 e. The average Bonchev–Trinajstić information content (AvgIpc) is 3.15. The minimum Gasteiger partial charge on any atom is -0.422 e. The number of fused-ring (bicyclic) bond motifs is 4. The summed E-state index contributed by atoms with van der Waals surface area (Å²) in [5, 5.41) is 4.48. The van der Waals surface area contributed by atoms with E-state index >= 15 is 0 Å². The number of nitrogens with one attached hydrogen (secondary N) is 1. The molecule has 0 unspecified atom stereocenters. The van der Waals surface area contributed by atoms with Crippen LogP contribution < -0.4 is 10.9 Å². The van der Waals surface area contributed by atoms with Crippen LogP contribution >= 0.6 is 11.3 Å². The lowest BCUT2D eigenvalue weighted by Gasteiger charge is -2.26. The largest absolute Gasteiger partial charge is 0.422 e. The molecule has 0 radical (unpaired) electrons. The van der Waals surface area contributed by atoms with Gasteiger partial charge in [-0.05, 0) is 48.6 Å². The van der Waals surface area contributed by atoms with E-state index in [0.29, 0.717) is 15.8 Å². The second-order valence-electron chi connectivity index (χ2n) is 6.86. The molecule has 2 heterocycles. The molecule has 0 bridgehead atoms. The van der Waals surface area contributed by atoms with Crippen molar-refractivity contribution in [2.45, 2.75) is 25.3 Å². The molecule has 1 amide bonds. The van der Waals surface area contributed by atoms with Crippen LogP contribution in [0.25, 0.3) is 21.1 Å². The van der Waals surface area contributed by atoms with Gasteiger partial charge in [-0.1, -0.05) is 36.4 Å². The Balaban J connectivity index is 1.53. The van der Waals surface area contributed by atoms with Crippen molar-refractivity contribution >= 4 is 38.3 Å². The fourth-order valence-corrected chi connectivity index (χ4v) is 4.97. The first-order chi connectivity index (χ1) is 13.2. The van der Waals surface area contributed by atoms with E-state index in [1.807, 2.05) is 30.3 Å². The third kappa shape index (κ3) is 2.75. The summed E-state index contributed by atoms with van der Waals surface area (Å²) in [5.74, 6) is -0.138. The first-order valence-electron chi connectivity index (χ1n) is 9.05. The van der Waals surface area contributed by atoms with Gasteiger partial charge in [0.1, 0.15) is 5.58 Å². The summed E-state index contributed by atoms with van der Waals surface area (Å²) in [6.07, 6.45) is 3.04. The number of benzene rings is 2. The van der Waals surface area contributed by atoms with Crippen LogP contribution in [0.5, 0.6) is 0 Å². The van der Waals surface area contributed by atoms with E-state index < -0.39 is 5.63 Å². The van der Waals surface area contributed by atoms with Gasteiger partial charge in [0.05, 0.1) is 21.0 Å². The third-order valence-electron chi connectivity index (χ3n) is 5.18. The number of amides is 1.